The van der Waals surface area contributed by atoms with Gasteiger partial charge in [0.05, 0.1) is 11.5 Å². The van der Waals surface area contributed by atoms with Gasteiger partial charge in [0.2, 0.25) is 0 Å². The molecule has 0 spiro atoms. The SMILES string of the molecule is CCNc1cc(C(=O)N(CCO)C(C)C)ccc1[N+](=O)[O-]. The van der Waals surface area contributed by atoms with E-state index in [9.17, 15) is 14.9 Å². The Balaban J connectivity index is 3.15. The van der Waals surface area contributed by atoms with Crippen LogP contribution in [-0.4, -0.2) is 46.6 Å². The lowest BCUT2D eigenvalue weighted by atomic mass is 10.1. The average Bonchev–Trinajstić information content (AvgIpc) is 2.43. The van der Waals surface area contributed by atoms with Crippen LogP contribution in [-0.2, 0) is 0 Å². The van der Waals surface area contributed by atoms with E-state index in [1.54, 1.807) is 0 Å². The average molecular weight is 295 g/mol. The van der Waals surface area contributed by atoms with Gasteiger partial charge < -0.3 is 15.3 Å². The van der Waals surface area contributed by atoms with Crippen LogP contribution in [0.1, 0.15) is 31.1 Å². The van der Waals surface area contributed by atoms with Crippen molar-refractivity contribution in [2.45, 2.75) is 26.8 Å². The number of nitro benzene ring substituents is 1. The molecule has 0 aliphatic rings. The van der Waals surface area contributed by atoms with Gasteiger partial charge in [-0.25, -0.2) is 0 Å². The van der Waals surface area contributed by atoms with Crippen molar-refractivity contribution < 1.29 is 14.8 Å². The summed E-state index contributed by atoms with van der Waals surface area (Å²) in [7, 11) is 0. The Morgan fingerprint density at radius 3 is 2.62 bits per heavy atom. The molecule has 0 aromatic heterocycles. The van der Waals surface area contributed by atoms with Gasteiger partial charge in [-0.05, 0) is 32.9 Å². The van der Waals surface area contributed by atoms with E-state index in [2.05, 4.69) is 5.32 Å². The van der Waals surface area contributed by atoms with E-state index in [-0.39, 0.29) is 30.8 Å². The first-order chi connectivity index (χ1) is 9.92. The summed E-state index contributed by atoms with van der Waals surface area (Å²) in [5.74, 6) is -0.256. The molecule has 1 aromatic carbocycles. The Kier molecular flexibility index (Phi) is 6.10. The van der Waals surface area contributed by atoms with Crippen LogP contribution in [0.4, 0.5) is 11.4 Å². The number of aliphatic hydroxyl groups excluding tert-OH is 1. The minimum absolute atomic E-state index is 0.0633. The number of aliphatic hydroxyl groups is 1. The fraction of sp³-hybridized carbons (Fsp3) is 0.500. The highest BCUT2D eigenvalue weighted by molar-refractivity contribution is 5.96. The van der Waals surface area contributed by atoms with Crippen molar-refractivity contribution in [3.8, 4) is 0 Å². The molecule has 0 aliphatic carbocycles. The predicted molar refractivity (Wildman–Crippen MR) is 80.5 cm³/mol. The summed E-state index contributed by atoms with van der Waals surface area (Å²) in [6.07, 6.45) is 0. The molecule has 7 heteroatoms. The zero-order chi connectivity index (χ0) is 16.0. The third-order valence-corrected chi connectivity index (χ3v) is 3.03. The summed E-state index contributed by atoms with van der Waals surface area (Å²) in [6.45, 7) is 6.14. The smallest absolute Gasteiger partial charge is 0.292 e. The van der Waals surface area contributed by atoms with Crippen molar-refractivity contribution in [1.82, 2.24) is 4.90 Å². The maximum Gasteiger partial charge on any atom is 0.292 e. The Morgan fingerprint density at radius 1 is 1.48 bits per heavy atom. The van der Waals surface area contributed by atoms with Gasteiger partial charge in [0.1, 0.15) is 5.69 Å². The predicted octanol–water partition coefficient (Wildman–Crippen LogP) is 1.87. The molecule has 0 saturated heterocycles. The molecule has 7 nitrogen and oxygen atoms in total. The van der Waals surface area contributed by atoms with E-state index >= 15 is 0 Å². The van der Waals surface area contributed by atoms with E-state index in [0.717, 1.165) is 0 Å². The largest absolute Gasteiger partial charge is 0.395 e. The van der Waals surface area contributed by atoms with Gasteiger partial charge in [0.15, 0.2) is 0 Å². The molecule has 0 bridgehead atoms. The van der Waals surface area contributed by atoms with Gasteiger partial charge in [-0.15, -0.1) is 0 Å². The molecule has 1 amide bonds. The maximum absolute atomic E-state index is 12.4. The molecule has 0 saturated carbocycles. The Morgan fingerprint density at radius 2 is 2.14 bits per heavy atom. The van der Waals surface area contributed by atoms with E-state index in [1.165, 1.54) is 23.1 Å². The molecule has 0 aliphatic heterocycles. The number of nitrogens with zero attached hydrogens (tertiary/aromatic N) is 2. The van der Waals surface area contributed by atoms with Crippen LogP contribution >= 0.6 is 0 Å². The highest BCUT2D eigenvalue weighted by atomic mass is 16.6. The molecule has 116 valence electrons. The molecule has 1 rings (SSSR count). The van der Waals surface area contributed by atoms with E-state index in [1.807, 2.05) is 20.8 Å². The fourth-order valence-corrected chi connectivity index (χ4v) is 2.03. The summed E-state index contributed by atoms with van der Waals surface area (Å²) in [6, 6.07) is 4.18. The van der Waals surface area contributed by atoms with Crippen LogP contribution in [0.2, 0.25) is 0 Å². The molecular formula is C14H21N3O4. The summed E-state index contributed by atoms with van der Waals surface area (Å²) in [5, 5.41) is 22.9. The third kappa shape index (κ3) is 4.16. The lowest BCUT2D eigenvalue weighted by molar-refractivity contribution is -0.384. The Bertz CT molecular complexity index is 517. The van der Waals surface area contributed by atoms with Crippen molar-refractivity contribution in [2.75, 3.05) is 25.0 Å². The van der Waals surface area contributed by atoms with Gasteiger partial charge in [-0.3, -0.25) is 14.9 Å². The Hall–Kier alpha value is -2.15. The zero-order valence-electron chi connectivity index (χ0n) is 12.5. The first-order valence-electron chi connectivity index (χ1n) is 6.86. The number of amides is 1. The number of rotatable bonds is 7. The van der Waals surface area contributed by atoms with Gasteiger partial charge in [0.25, 0.3) is 11.6 Å². The molecule has 21 heavy (non-hydrogen) atoms. The van der Waals surface area contributed by atoms with E-state index in [4.69, 9.17) is 5.11 Å². The molecular weight excluding hydrogens is 274 g/mol. The number of anilines is 1. The second-order valence-corrected chi connectivity index (χ2v) is 4.84. The van der Waals surface area contributed by atoms with Crippen LogP contribution < -0.4 is 5.32 Å². The second kappa shape index (κ2) is 7.58. The maximum atomic E-state index is 12.4. The zero-order valence-corrected chi connectivity index (χ0v) is 12.5. The molecule has 0 radical (unpaired) electrons. The number of carbonyl (C=O) groups excluding carboxylic acids is 1. The standard InChI is InChI=1S/C14H21N3O4/c1-4-15-12-9-11(5-6-13(12)17(20)21)14(19)16(7-8-18)10(2)3/h5-6,9-10,15,18H,4,7-8H2,1-3H3. The number of hydrogen-bond donors (Lipinski definition) is 2. The van der Waals surface area contributed by atoms with Crippen LogP contribution in [0.25, 0.3) is 0 Å². The first-order valence-corrected chi connectivity index (χ1v) is 6.86. The second-order valence-electron chi connectivity index (χ2n) is 4.84. The quantitative estimate of drug-likeness (QED) is 0.591. The monoisotopic (exact) mass is 295 g/mol. The third-order valence-electron chi connectivity index (χ3n) is 3.03. The molecule has 0 heterocycles. The number of nitrogens with one attached hydrogen (secondary N) is 1. The molecule has 1 aromatic rings. The van der Waals surface area contributed by atoms with Crippen molar-refractivity contribution >= 4 is 17.3 Å². The van der Waals surface area contributed by atoms with Crippen LogP contribution in [0.3, 0.4) is 0 Å². The van der Waals surface area contributed by atoms with Gasteiger partial charge in [-0.2, -0.15) is 0 Å². The number of nitro groups is 1. The number of hydrogen-bond acceptors (Lipinski definition) is 5. The van der Waals surface area contributed by atoms with Gasteiger partial charge >= 0.3 is 0 Å². The summed E-state index contributed by atoms with van der Waals surface area (Å²) >= 11 is 0. The van der Waals surface area contributed by atoms with Crippen molar-refractivity contribution in [3.63, 3.8) is 0 Å². The van der Waals surface area contributed by atoms with E-state index < -0.39 is 4.92 Å². The van der Waals surface area contributed by atoms with E-state index in [0.29, 0.717) is 17.8 Å². The minimum Gasteiger partial charge on any atom is -0.395 e. The molecule has 2 N–H and O–H groups in total. The van der Waals surface area contributed by atoms with Crippen molar-refractivity contribution in [3.05, 3.63) is 33.9 Å². The van der Waals surface area contributed by atoms with Gasteiger partial charge in [0, 0.05) is 30.8 Å². The van der Waals surface area contributed by atoms with Crippen LogP contribution in [0.5, 0.6) is 0 Å². The summed E-state index contributed by atoms with van der Waals surface area (Å²) < 4.78 is 0. The normalized spacial score (nSPS) is 10.5. The molecule has 0 fully saturated rings. The lowest BCUT2D eigenvalue weighted by Gasteiger charge is -2.26. The molecule has 0 atom stereocenters. The lowest BCUT2D eigenvalue weighted by Crippen LogP contribution is -2.39. The van der Waals surface area contributed by atoms with Crippen molar-refractivity contribution in [1.29, 1.82) is 0 Å². The van der Waals surface area contributed by atoms with Crippen LogP contribution in [0.15, 0.2) is 18.2 Å². The molecule has 0 unspecified atom stereocenters. The topological polar surface area (TPSA) is 95.7 Å². The first kappa shape index (κ1) is 16.9. The minimum atomic E-state index is -0.486. The Labute approximate surface area is 123 Å². The van der Waals surface area contributed by atoms with Crippen LogP contribution in [0, 0.1) is 10.1 Å². The van der Waals surface area contributed by atoms with Gasteiger partial charge in [-0.1, -0.05) is 0 Å². The summed E-state index contributed by atoms with van der Waals surface area (Å²) in [4.78, 5) is 24.4. The fourth-order valence-electron chi connectivity index (χ4n) is 2.03. The highest BCUT2D eigenvalue weighted by Crippen LogP contribution is 2.26. The summed E-state index contributed by atoms with van der Waals surface area (Å²) in [5.41, 5.74) is 0.617. The van der Waals surface area contributed by atoms with Crippen molar-refractivity contribution in [2.24, 2.45) is 0 Å². The number of benzene rings is 1. The number of carbonyl (C=O) groups is 1. The highest BCUT2D eigenvalue weighted by Gasteiger charge is 2.21.